The van der Waals surface area contributed by atoms with Crippen molar-refractivity contribution < 1.29 is 21.6 Å². The summed E-state index contributed by atoms with van der Waals surface area (Å²) in [5.41, 5.74) is 1.79. The molecule has 19 heavy (non-hydrogen) atoms. The topological polar surface area (TPSA) is 72.2 Å². The maximum absolute atomic E-state index is 13.7. The normalized spacial score (nSPS) is 14.5. The summed E-state index contributed by atoms with van der Waals surface area (Å²) in [5.74, 6) is 0.771. The lowest BCUT2D eigenvalue weighted by atomic mass is 9.95. The predicted octanol–water partition coefficient (Wildman–Crippen LogP) is 1.43. The van der Waals surface area contributed by atoms with E-state index in [-0.39, 0.29) is 5.56 Å². The third kappa shape index (κ3) is 2.75. The van der Waals surface area contributed by atoms with Gasteiger partial charge in [-0.05, 0) is 19.9 Å². The fraction of sp³-hybridized carbons (Fsp3) is 0.455. The largest absolute Gasteiger partial charge is 0.271 e. The van der Waals surface area contributed by atoms with Gasteiger partial charge in [0.25, 0.3) is 0 Å². The van der Waals surface area contributed by atoms with E-state index in [0.29, 0.717) is 0 Å². The SMILES string of the molecule is CC(C)(C(NN)c1ccc(F)c(F)c1F)S(C)(=O)=O. The van der Waals surface area contributed by atoms with Crippen molar-refractivity contribution in [2.75, 3.05) is 6.26 Å². The highest BCUT2D eigenvalue weighted by Crippen LogP contribution is 2.33. The van der Waals surface area contributed by atoms with Crippen LogP contribution in [-0.4, -0.2) is 19.4 Å². The van der Waals surface area contributed by atoms with Gasteiger partial charge >= 0.3 is 0 Å². The van der Waals surface area contributed by atoms with Crippen molar-refractivity contribution in [1.82, 2.24) is 5.43 Å². The van der Waals surface area contributed by atoms with E-state index >= 15 is 0 Å². The summed E-state index contributed by atoms with van der Waals surface area (Å²) < 4.78 is 61.7. The second-order valence-electron chi connectivity index (χ2n) is 4.74. The molecule has 0 heterocycles. The molecule has 0 aliphatic heterocycles. The number of rotatable bonds is 4. The summed E-state index contributed by atoms with van der Waals surface area (Å²) in [6.07, 6.45) is 0.953. The smallest absolute Gasteiger partial charge is 0.194 e. The molecular formula is C11H15F3N2O2S. The zero-order valence-electron chi connectivity index (χ0n) is 10.7. The second kappa shape index (κ2) is 5.10. The molecule has 0 fully saturated rings. The zero-order chi connectivity index (χ0) is 15.0. The van der Waals surface area contributed by atoms with Crippen molar-refractivity contribution in [2.45, 2.75) is 24.6 Å². The minimum absolute atomic E-state index is 0.350. The number of benzene rings is 1. The monoisotopic (exact) mass is 296 g/mol. The molecule has 0 aromatic heterocycles. The molecule has 1 atom stereocenters. The van der Waals surface area contributed by atoms with Gasteiger partial charge < -0.3 is 0 Å². The fourth-order valence-corrected chi connectivity index (χ4v) is 2.27. The van der Waals surface area contributed by atoms with E-state index in [4.69, 9.17) is 5.84 Å². The lowest BCUT2D eigenvalue weighted by molar-refractivity contribution is 0.390. The molecule has 4 nitrogen and oxygen atoms in total. The Morgan fingerprint density at radius 2 is 1.74 bits per heavy atom. The van der Waals surface area contributed by atoms with E-state index in [2.05, 4.69) is 5.43 Å². The van der Waals surface area contributed by atoms with Gasteiger partial charge in [0.15, 0.2) is 27.3 Å². The molecule has 1 aromatic rings. The Bertz CT molecular complexity index is 588. The molecule has 0 saturated heterocycles. The Kier molecular flexibility index (Phi) is 4.28. The van der Waals surface area contributed by atoms with Crippen LogP contribution in [0.1, 0.15) is 25.5 Å². The van der Waals surface area contributed by atoms with Gasteiger partial charge in [0.1, 0.15) is 0 Å². The maximum Gasteiger partial charge on any atom is 0.194 e. The first-order chi connectivity index (χ1) is 8.54. The number of nitrogens with two attached hydrogens (primary N) is 1. The highest BCUT2D eigenvalue weighted by atomic mass is 32.2. The van der Waals surface area contributed by atoms with Gasteiger partial charge in [0.05, 0.1) is 10.8 Å². The molecule has 0 bridgehead atoms. The predicted molar refractivity (Wildman–Crippen MR) is 65.3 cm³/mol. The van der Waals surface area contributed by atoms with E-state index < -0.39 is 38.1 Å². The number of sulfone groups is 1. The van der Waals surface area contributed by atoms with Gasteiger partial charge in [-0.2, -0.15) is 0 Å². The number of halogens is 3. The Labute approximate surface area is 109 Å². The van der Waals surface area contributed by atoms with Gasteiger partial charge in [-0.25, -0.2) is 21.6 Å². The molecule has 0 saturated carbocycles. The summed E-state index contributed by atoms with van der Waals surface area (Å²) in [7, 11) is -3.63. The first kappa shape index (κ1) is 15.9. The molecule has 0 spiro atoms. The maximum atomic E-state index is 13.7. The molecule has 0 aliphatic carbocycles. The molecule has 0 aliphatic rings. The number of hydrogen-bond donors (Lipinski definition) is 2. The van der Waals surface area contributed by atoms with Crippen molar-refractivity contribution in [3.63, 3.8) is 0 Å². The number of hydrazine groups is 1. The molecule has 1 unspecified atom stereocenters. The third-order valence-electron chi connectivity index (χ3n) is 3.19. The van der Waals surface area contributed by atoms with E-state index in [1.807, 2.05) is 0 Å². The van der Waals surface area contributed by atoms with E-state index in [0.717, 1.165) is 18.4 Å². The van der Waals surface area contributed by atoms with Crippen LogP contribution in [0.2, 0.25) is 0 Å². The average molecular weight is 296 g/mol. The van der Waals surface area contributed by atoms with E-state index in [1.165, 1.54) is 13.8 Å². The van der Waals surface area contributed by atoms with Gasteiger partial charge in [0.2, 0.25) is 0 Å². The highest BCUT2D eigenvalue weighted by molar-refractivity contribution is 7.92. The summed E-state index contributed by atoms with van der Waals surface area (Å²) in [4.78, 5) is 0. The molecule has 8 heteroatoms. The van der Waals surface area contributed by atoms with Crippen LogP contribution in [0.4, 0.5) is 13.2 Å². The van der Waals surface area contributed by atoms with Crippen LogP contribution in [-0.2, 0) is 9.84 Å². The van der Waals surface area contributed by atoms with Gasteiger partial charge in [-0.15, -0.1) is 0 Å². The van der Waals surface area contributed by atoms with Gasteiger partial charge in [0, 0.05) is 11.8 Å². The number of hydrogen-bond acceptors (Lipinski definition) is 4. The highest BCUT2D eigenvalue weighted by Gasteiger charge is 2.41. The fourth-order valence-electron chi connectivity index (χ4n) is 1.64. The Balaban J connectivity index is 3.46. The van der Waals surface area contributed by atoms with Crippen molar-refractivity contribution in [3.8, 4) is 0 Å². The standard InChI is InChI=1S/C11H15F3N2O2S/c1-11(2,19(3,17)18)10(16-15)6-4-5-7(12)9(14)8(6)13/h4-5,10,16H,15H2,1-3H3. The molecule has 0 radical (unpaired) electrons. The quantitative estimate of drug-likeness (QED) is 0.501. The lowest BCUT2D eigenvalue weighted by Gasteiger charge is -2.32. The number of nitrogens with one attached hydrogen (secondary N) is 1. The van der Waals surface area contributed by atoms with Crippen LogP contribution in [0.25, 0.3) is 0 Å². The molecule has 1 rings (SSSR count). The molecular weight excluding hydrogens is 281 g/mol. The van der Waals surface area contributed by atoms with Crippen molar-refractivity contribution in [2.24, 2.45) is 5.84 Å². The summed E-state index contributed by atoms with van der Waals surface area (Å²) >= 11 is 0. The minimum atomic E-state index is -3.63. The Hall–Kier alpha value is -1.12. The first-order valence-electron chi connectivity index (χ1n) is 5.33. The molecule has 0 amide bonds. The molecule has 108 valence electrons. The second-order valence-corrected chi connectivity index (χ2v) is 7.34. The summed E-state index contributed by atoms with van der Waals surface area (Å²) in [5, 5.41) is 0. The average Bonchev–Trinajstić information content (AvgIpc) is 2.28. The van der Waals surface area contributed by atoms with E-state index in [9.17, 15) is 21.6 Å². The van der Waals surface area contributed by atoms with Crippen LogP contribution < -0.4 is 11.3 Å². The van der Waals surface area contributed by atoms with Gasteiger partial charge in [-0.1, -0.05) is 6.07 Å². The lowest BCUT2D eigenvalue weighted by Crippen LogP contribution is -2.47. The molecule has 3 N–H and O–H groups in total. The van der Waals surface area contributed by atoms with E-state index in [1.54, 1.807) is 0 Å². The van der Waals surface area contributed by atoms with Gasteiger partial charge in [-0.3, -0.25) is 11.3 Å². The minimum Gasteiger partial charge on any atom is -0.271 e. The van der Waals surface area contributed by atoms with Crippen molar-refractivity contribution >= 4 is 9.84 Å². The summed E-state index contributed by atoms with van der Waals surface area (Å²) in [6, 6.07) is 0.458. The van der Waals surface area contributed by atoms with Crippen LogP contribution in [0.15, 0.2) is 12.1 Å². The van der Waals surface area contributed by atoms with Crippen molar-refractivity contribution in [3.05, 3.63) is 35.1 Å². The van der Waals surface area contributed by atoms with Crippen LogP contribution in [0, 0.1) is 17.5 Å². The van der Waals surface area contributed by atoms with Crippen LogP contribution in [0.5, 0.6) is 0 Å². The van der Waals surface area contributed by atoms with Crippen LogP contribution >= 0.6 is 0 Å². The van der Waals surface area contributed by atoms with Crippen LogP contribution in [0.3, 0.4) is 0 Å². The first-order valence-corrected chi connectivity index (χ1v) is 7.22. The zero-order valence-corrected chi connectivity index (χ0v) is 11.5. The Morgan fingerprint density at radius 3 is 2.16 bits per heavy atom. The summed E-state index contributed by atoms with van der Waals surface area (Å²) in [6.45, 7) is 2.63. The molecule has 1 aromatic carbocycles. The Morgan fingerprint density at radius 1 is 1.21 bits per heavy atom. The van der Waals surface area contributed by atoms with Crippen molar-refractivity contribution in [1.29, 1.82) is 0 Å². The third-order valence-corrected chi connectivity index (χ3v) is 5.34.